The summed E-state index contributed by atoms with van der Waals surface area (Å²) in [6.45, 7) is -0.789. The lowest BCUT2D eigenvalue weighted by molar-refractivity contribution is -0.140. The minimum Gasteiger partial charge on any atom is -0.481 e. The molecule has 0 saturated carbocycles. The van der Waals surface area contributed by atoms with E-state index in [1.165, 1.54) is 0 Å². The van der Waals surface area contributed by atoms with Crippen LogP contribution in [0.3, 0.4) is 0 Å². The van der Waals surface area contributed by atoms with Gasteiger partial charge in [0.2, 0.25) is 5.88 Å². The molecule has 1 heterocycles. The van der Waals surface area contributed by atoms with Crippen LogP contribution in [0.2, 0.25) is 0 Å². The van der Waals surface area contributed by atoms with E-state index in [0.29, 0.717) is 6.07 Å². The third kappa shape index (κ3) is 2.82. The molecule has 1 N–H and O–H groups in total. The van der Waals surface area contributed by atoms with Crippen LogP contribution in [0.15, 0.2) is 6.07 Å². The van der Waals surface area contributed by atoms with Crippen molar-refractivity contribution in [2.45, 2.75) is 19.2 Å². The summed E-state index contributed by atoms with van der Waals surface area (Å²) in [6, 6.07) is 0.410. The van der Waals surface area contributed by atoms with Gasteiger partial charge in [-0.3, -0.25) is 0 Å². The highest BCUT2D eigenvalue weighted by atomic mass is 19.4. The van der Waals surface area contributed by atoms with Crippen molar-refractivity contribution in [3.8, 4) is 5.88 Å². The van der Waals surface area contributed by atoms with E-state index in [0.717, 1.165) is 7.11 Å². The van der Waals surface area contributed by atoms with E-state index >= 15 is 0 Å². The third-order valence-corrected chi connectivity index (χ3v) is 1.97. The smallest absolute Gasteiger partial charge is 0.418 e. The Morgan fingerprint density at radius 2 is 2.00 bits per heavy atom. The SMILES string of the molecule is COc1nc(C(F)F)c(C(F)(F)F)cc1CO. The van der Waals surface area contributed by atoms with E-state index in [9.17, 15) is 22.0 Å². The zero-order valence-corrected chi connectivity index (χ0v) is 8.55. The van der Waals surface area contributed by atoms with E-state index in [-0.39, 0.29) is 5.56 Å². The molecule has 0 aliphatic rings. The van der Waals surface area contributed by atoms with E-state index in [4.69, 9.17) is 5.11 Å². The van der Waals surface area contributed by atoms with Crippen LogP contribution in [0.5, 0.6) is 5.88 Å². The number of aromatic nitrogens is 1. The molecule has 8 heteroatoms. The van der Waals surface area contributed by atoms with Crippen molar-refractivity contribution >= 4 is 0 Å². The first-order valence-corrected chi connectivity index (χ1v) is 4.35. The number of aliphatic hydroxyl groups is 1. The summed E-state index contributed by atoms with van der Waals surface area (Å²) in [5, 5.41) is 8.79. The molecule has 0 fully saturated rings. The van der Waals surface area contributed by atoms with Gasteiger partial charge in [-0.05, 0) is 6.07 Å². The van der Waals surface area contributed by atoms with Gasteiger partial charge < -0.3 is 9.84 Å². The molecule has 0 unspecified atom stereocenters. The summed E-state index contributed by atoms with van der Waals surface area (Å²) in [7, 11) is 1.06. The number of alkyl halides is 5. The second-order valence-corrected chi connectivity index (χ2v) is 3.05. The highest BCUT2D eigenvalue weighted by molar-refractivity contribution is 5.36. The van der Waals surface area contributed by atoms with Gasteiger partial charge in [0.05, 0.1) is 19.3 Å². The van der Waals surface area contributed by atoms with Gasteiger partial charge in [-0.1, -0.05) is 0 Å². The summed E-state index contributed by atoms with van der Waals surface area (Å²) in [4.78, 5) is 3.08. The summed E-state index contributed by atoms with van der Waals surface area (Å²) >= 11 is 0. The highest BCUT2D eigenvalue weighted by Gasteiger charge is 2.38. The second-order valence-electron chi connectivity index (χ2n) is 3.05. The molecule has 0 amide bonds. The molecule has 0 atom stereocenters. The molecule has 0 aromatic carbocycles. The molecule has 1 aromatic heterocycles. The van der Waals surface area contributed by atoms with Crippen LogP contribution in [0.4, 0.5) is 22.0 Å². The van der Waals surface area contributed by atoms with Crippen LogP contribution >= 0.6 is 0 Å². The summed E-state index contributed by atoms with van der Waals surface area (Å²) in [6.07, 6.45) is -8.34. The zero-order valence-electron chi connectivity index (χ0n) is 8.55. The van der Waals surface area contributed by atoms with Crippen LogP contribution in [0.1, 0.15) is 23.2 Å². The van der Waals surface area contributed by atoms with Crippen molar-refractivity contribution < 1.29 is 31.8 Å². The third-order valence-electron chi connectivity index (χ3n) is 1.97. The largest absolute Gasteiger partial charge is 0.481 e. The van der Waals surface area contributed by atoms with Gasteiger partial charge >= 0.3 is 6.18 Å². The number of nitrogens with zero attached hydrogens (tertiary/aromatic N) is 1. The van der Waals surface area contributed by atoms with Gasteiger partial charge in [-0.15, -0.1) is 0 Å². The Balaban J connectivity index is 3.46. The van der Waals surface area contributed by atoms with Crippen molar-refractivity contribution in [3.05, 3.63) is 22.9 Å². The number of aliphatic hydroxyl groups excluding tert-OH is 1. The number of methoxy groups -OCH3 is 1. The predicted octanol–water partition coefficient (Wildman–Crippen LogP) is 2.54. The summed E-state index contributed by atoms with van der Waals surface area (Å²) < 4.78 is 66.8. The lowest BCUT2D eigenvalue weighted by Gasteiger charge is -2.15. The first-order chi connectivity index (χ1) is 7.81. The molecule has 0 saturated heterocycles. The van der Waals surface area contributed by atoms with Crippen LogP contribution < -0.4 is 4.74 Å². The van der Waals surface area contributed by atoms with Crippen molar-refractivity contribution in [2.24, 2.45) is 0 Å². The van der Waals surface area contributed by atoms with Gasteiger partial charge in [-0.25, -0.2) is 13.8 Å². The van der Waals surface area contributed by atoms with Crippen LogP contribution in [0, 0.1) is 0 Å². The quantitative estimate of drug-likeness (QED) is 0.846. The maximum atomic E-state index is 12.5. The van der Waals surface area contributed by atoms with E-state index in [1.807, 2.05) is 0 Å². The molecule has 1 rings (SSSR count). The fourth-order valence-electron chi connectivity index (χ4n) is 1.23. The molecule has 0 spiro atoms. The van der Waals surface area contributed by atoms with Gasteiger partial charge in [0.1, 0.15) is 5.69 Å². The maximum absolute atomic E-state index is 12.5. The second kappa shape index (κ2) is 4.82. The first-order valence-electron chi connectivity index (χ1n) is 4.35. The van der Waals surface area contributed by atoms with Crippen molar-refractivity contribution in [3.63, 3.8) is 0 Å². The minimum absolute atomic E-state index is 0.302. The maximum Gasteiger partial charge on any atom is 0.418 e. The van der Waals surface area contributed by atoms with Crippen LogP contribution in [-0.2, 0) is 12.8 Å². The zero-order chi connectivity index (χ0) is 13.2. The fourth-order valence-corrected chi connectivity index (χ4v) is 1.23. The van der Waals surface area contributed by atoms with Gasteiger partial charge in [0.25, 0.3) is 6.43 Å². The first kappa shape index (κ1) is 13.6. The number of pyridine rings is 1. The normalized spacial score (nSPS) is 12.0. The highest BCUT2D eigenvalue weighted by Crippen LogP contribution is 2.37. The molecule has 0 bridgehead atoms. The topological polar surface area (TPSA) is 42.4 Å². The standard InChI is InChI=1S/C9H8F5NO2/c1-17-8-4(3-16)2-5(9(12,13)14)6(15-8)7(10)11/h2,7,16H,3H2,1H3. The minimum atomic E-state index is -4.96. The Bertz CT molecular complexity index is 405. The predicted molar refractivity (Wildman–Crippen MR) is 46.7 cm³/mol. The molecular weight excluding hydrogens is 249 g/mol. The van der Waals surface area contributed by atoms with Crippen LogP contribution in [-0.4, -0.2) is 17.2 Å². The average molecular weight is 257 g/mol. The molecule has 96 valence electrons. The fraction of sp³-hybridized carbons (Fsp3) is 0.444. The van der Waals surface area contributed by atoms with E-state index < -0.39 is 36.3 Å². The summed E-state index contributed by atoms with van der Waals surface area (Å²) in [5.41, 5.74) is -3.28. The molecule has 3 nitrogen and oxygen atoms in total. The van der Waals surface area contributed by atoms with Gasteiger partial charge in [0.15, 0.2) is 0 Å². The Labute approximate surface area is 92.8 Å². The lowest BCUT2D eigenvalue weighted by atomic mass is 10.1. The molecule has 1 aromatic rings. The molecular formula is C9H8F5NO2. The number of rotatable bonds is 3. The molecule has 0 aliphatic carbocycles. The monoisotopic (exact) mass is 257 g/mol. The van der Waals surface area contributed by atoms with Crippen molar-refractivity contribution in [2.75, 3.05) is 7.11 Å². The van der Waals surface area contributed by atoms with Gasteiger partial charge in [-0.2, -0.15) is 13.2 Å². The molecule has 0 radical (unpaired) electrons. The van der Waals surface area contributed by atoms with Crippen molar-refractivity contribution in [1.29, 1.82) is 0 Å². The lowest BCUT2D eigenvalue weighted by Crippen LogP contribution is -2.13. The van der Waals surface area contributed by atoms with E-state index in [2.05, 4.69) is 9.72 Å². The number of hydrogen-bond donors (Lipinski definition) is 1. The molecule has 0 aliphatic heterocycles. The Morgan fingerprint density at radius 1 is 1.41 bits per heavy atom. The number of hydrogen-bond acceptors (Lipinski definition) is 3. The Morgan fingerprint density at radius 3 is 2.35 bits per heavy atom. The van der Waals surface area contributed by atoms with Crippen LogP contribution in [0.25, 0.3) is 0 Å². The van der Waals surface area contributed by atoms with Crippen molar-refractivity contribution in [1.82, 2.24) is 4.98 Å². The average Bonchev–Trinajstić information content (AvgIpc) is 2.25. The van der Waals surface area contributed by atoms with E-state index in [1.54, 1.807) is 0 Å². The number of halogens is 5. The molecule has 17 heavy (non-hydrogen) atoms. The van der Waals surface area contributed by atoms with Gasteiger partial charge in [0, 0.05) is 5.56 Å². The Kier molecular flexibility index (Phi) is 3.87. The summed E-state index contributed by atoms with van der Waals surface area (Å²) in [5.74, 6) is -0.448. The number of ether oxygens (including phenoxy) is 1. The Hall–Kier alpha value is -1.44.